The molecule has 0 saturated heterocycles. The van der Waals surface area contributed by atoms with Gasteiger partial charge in [0.1, 0.15) is 0 Å². The van der Waals surface area contributed by atoms with E-state index in [1.807, 2.05) is 0 Å². The molecule has 3 heteroatoms. The van der Waals surface area contributed by atoms with Crippen LogP contribution in [-0.2, 0) is 9.53 Å². The van der Waals surface area contributed by atoms with Crippen LogP contribution in [0.2, 0.25) is 18.1 Å². The van der Waals surface area contributed by atoms with E-state index in [-0.39, 0.29) is 0 Å². The molecule has 0 aromatic rings. The number of rotatable bonds is 6. The van der Waals surface area contributed by atoms with Gasteiger partial charge in [0.2, 0.25) is 0 Å². The van der Waals surface area contributed by atoms with Crippen LogP contribution in [0, 0.1) is 0 Å². The average molecular weight is 173 g/mol. The number of ether oxygens (including phenoxy) is 1. The molecule has 0 N–H and O–H groups in total. The summed E-state index contributed by atoms with van der Waals surface area (Å²) in [6.07, 6.45) is 0.653. The quantitative estimate of drug-likeness (QED) is 0.575. The van der Waals surface area contributed by atoms with Gasteiger partial charge < -0.3 is 4.74 Å². The van der Waals surface area contributed by atoms with Crippen LogP contribution in [0.1, 0.15) is 20.8 Å². The first kappa shape index (κ1) is 10.7. The topological polar surface area (TPSA) is 26.3 Å². The van der Waals surface area contributed by atoms with Crippen molar-refractivity contribution in [2.24, 2.45) is 0 Å². The van der Waals surface area contributed by atoms with Gasteiger partial charge in [0.15, 0.2) is 0 Å². The van der Waals surface area contributed by atoms with E-state index in [1.54, 1.807) is 0 Å². The van der Waals surface area contributed by atoms with Gasteiger partial charge in [-0.2, -0.15) is 0 Å². The Morgan fingerprint density at radius 2 is 1.64 bits per heavy atom. The molecule has 0 rings (SSSR count). The maximum absolute atomic E-state index is 9.87. The highest BCUT2D eigenvalue weighted by Crippen LogP contribution is 2.19. The molecule has 0 amide bonds. The lowest BCUT2D eigenvalue weighted by atomic mass is 10.9. The zero-order valence-corrected chi connectivity index (χ0v) is 8.64. The Bertz CT molecular complexity index is 102. The Kier molecular flexibility index (Phi) is 5.20. The number of carbonyl (C=O) groups excluding carboxylic acids is 1. The fourth-order valence-corrected chi connectivity index (χ4v) is 3.72. The van der Waals surface area contributed by atoms with E-state index < -0.39 is 8.07 Å². The fourth-order valence-electron chi connectivity index (χ4n) is 1.24. The molecule has 0 aliphatic heterocycles. The lowest BCUT2D eigenvalue weighted by Crippen LogP contribution is -2.37. The van der Waals surface area contributed by atoms with Crippen LogP contribution in [0.4, 0.5) is 0 Å². The Labute approximate surface area is 69.9 Å². The van der Waals surface area contributed by atoms with E-state index in [4.69, 9.17) is 4.74 Å². The van der Waals surface area contributed by atoms with Crippen molar-refractivity contribution in [2.75, 3.05) is 6.23 Å². The molecule has 2 nitrogen and oxygen atoms in total. The molecule has 0 fully saturated rings. The molecule has 0 saturated carbocycles. The van der Waals surface area contributed by atoms with Gasteiger partial charge >= 0.3 is 6.47 Å². The van der Waals surface area contributed by atoms with Crippen molar-refractivity contribution >= 4 is 14.5 Å². The highest BCUT2D eigenvalue weighted by atomic mass is 28.3. The predicted molar refractivity (Wildman–Crippen MR) is 48.8 cm³/mol. The summed E-state index contributed by atoms with van der Waals surface area (Å²) in [5, 5.41) is 0. The molecule has 65 valence electrons. The molecule has 0 unspecified atom stereocenters. The van der Waals surface area contributed by atoms with Gasteiger partial charge in [-0.05, 0) is 0 Å². The second kappa shape index (κ2) is 5.35. The third-order valence-corrected chi connectivity index (χ3v) is 7.94. The summed E-state index contributed by atoms with van der Waals surface area (Å²) < 4.78 is 4.73. The van der Waals surface area contributed by atoms with E-state index >= 15 is 0 Å². The lowest BCUT2D eigenvalue weighted by molar-refractivity contribution is 0.323. The Hall–Kier alpha value is -0.313. The van der Waals surface area contributed by atoms with Crippen LogP contribution in [-0.4, -0.2) is 20.8 Å². The summed E-state index contributed by atoms with van der Waals surface area (Å²) in [6, 6.07) is 3.59. The highest BCUT2D eigenvalue weighted by molar-refractivity contribution is 6.79. The summed E-state index contributed by atoms with van der Waals surface area (Å²) in [6.45, 7) is 8.07. The molecule has 0 spiro atoms. The molecule has 0 atom stereocenters. The van der Waals surface area contributed by atoms with Crippen LogP contribution < -0.4 is 0 Å². The maximum atomic E-state index is 9.87. The first-order valence-corrected chi connectivity index (χ1v) is 7.06. The van der Waals surface area contributed by atoms with Crippen molar-refractivity contribution in [3.05, 3.63) is 0 Å². The monoisotopic (exact) mass is 173 g/mol. The third kappa shape index (κ3) is 3.06. The minimum absolute atomic E-state index is 0.653. The summed E-state index contributed by atoms with van der Waals surface area (Å²) in [4.78, 5) is 9.87. The molecule has 0 bridgehead atoms. The zero-order valence-electron chi connectivity index (χ0n) is 7.64. The van der Waals surface area contributed by atoms with Crippen LogP contribution in [0.5, 0.6) is 0 Å². The number of hydrogen-bond acceptors (Lipinski definition) is 2. The minimum Gasteiger partial charge on any atom is -0.461 e. The normalized spacial score (nSPS) is 11.2. The maximum Gasteiger partial charge on any atom is 0.417 e. The van der Waals surface area contributed by atoms with Crippen LogP contribution in [0.15, 0.2) is 0 Å². The molecule has 11 heavy (non-hydrogen) atoms. The van der Waals surface area contributed by atoms with E-state index in [2.05, 4.69) is 20.8 Å². The lowest BCUT2D eigenvalue weighted by Gasteiger charge is -2.25. The molecule has 0 aromatic heterocycles. The van der Waals surface area contributed by atoms with Crippen molar-refractivity contribution in [1.82, 2.24) is 0 Å². The molecular formula is C8H17O2Si. The van der Waals surface area contributed by atoms with E-state index in [0.29, 0.717) is 6.23 Å². The highest BCUT2D eigenvalue weighted by Gasteiger charge is 2.27. The predicted octanol–water partition coefficient (Wildman–Crippen LogP) is 2.12. The fraction of sp³-hybridized carbons (Fsp3) is 0.875. The van der Waals surface area contributed by atoms with Crippen molar-refractivity contribution in [2.45, 2.75) is 38.9 Å². The number of hydrogen-bond donors (Lipinski definition) is 0. The van der Waals surface area contributed by atoms with Gasteiger partial charge in [-0.1, -0.05) is 38.9 Å². The van der Waals surface area contributed by atoms with Crippen molar-refractivity contribution in [3.63, 3.8) is 0 Å². The van der Waals surface area contributed by atoms with Gasteiger partial charge in [-0.3, -0.25) is 0 Å². The molecule has 0 aliphatic carbocycles. The standard InChI is InChI=1S/C8H17O2Si/c1-4-11(5-2,6-3)8-10-7-9/h4-6,8H2,1-3H3. The Morgan fingerprint density at radius 3 is 1.91 bits per heavy atom. The van der Waals surface area contributed by atoms with Gasteiger partial charge in [-0.25, -0.2) is 4.79 Å². The van der Waals surface area contributed by atoms with Crippen molar-refractivity contribution in [3.8, 4) is 0 Å². The Balaban J connectivity index is 3.93. The Morgan fingerprint density at radius 1 is 1.18 bits per heavy atom. The van der Waals surface area contributed by atoms with Crippen molar-refractivity contribution in [1.29, 1.82) is 0 Å². The van der Waals surface area contributed by atoms with Gasteiger partial charge in [0.25, 0.3) is 0 Å². The van der Waals surface area contributed by atoms with Crippen LogP contribution in [0.3, 0.4) is 0 Å². The molecule has 0 aromatic carbocycles. The average Bonchev–Trinajstić information content (AvgIpc) is 2.08. The third-order valence-electron chi connectivity index (χ3n) is 2.69. The molecular weight excluding hydrogens is 156 g/mol. The summed E-state index contributed by atoms with van der Waals surface area (Å²) in [5.41, 5.74) is 0. The van der Waals surface area contributed by atoms with E-state index in [1.165, 1.54) is 24.6 Å². The molecule has 1 radical (unpaired) electrons. The van der Waals surface area contributed by atoms with Gasteiger partial charge in [0.05, 0.1) is 14.3 Å². The van der Waals surface area contributed by atoms with E-state index in [9.17, 15) is 4.79 Å². The molecule has 0 aliphatic rings. The molecule has 0 heterocycles. The zero-order chi connectivity index (χ0) is 8.74. The SMILES string of the molecule is CC[Si](CC)(CC)CO[C]=O. The largest absolute Gasteiger partial charge is 0.461 e. The first-order chi connectivity index (χ1) is 5.24. The minimum atomic E-state index is -1.22. The van der Waals surface area contributed by atoms with Crippen LogP contribution in [0.25, 0.3) is 0 Å². The van der Waals surface area contributed by atoms with Crippen molar-refractivity contribution < 1.29 is 9.53 Å². The summed E-state index contributed by atoms with van der Waals surface area (Å²) in [7, 11) is -1.22. The first-order valence-electron chi connectivity index (χ1n) is 4.23. The van der Waals surface area contributed by atoms with Crippen LogP contribution >= 0.6 is 0 Å². The van der Waals surface area contributed by atoms with Gasteiger partial charge in [-0.15, -0.1) is 0 Å². The summed E-state index contributed by atoms with van der Waals surface area (Å²) in [5.74, 6) is 0. The smallest absolute Gasteiger partial charge is 0.417 e. The second-order valence-corrected chi connectivity index (χ2v) is 8.34. The van der Waals surface area contributed by atoms with E-state index in [0.717, 1.165) is 0 Å². The second-order valence-electron chi connectivity index (χ2n) is 2.93. The summed E-state index contributed by atoms with van der Waals surface area (Å²) >= 11 is 0. The van der Waals surface area contributed by atoms with Gasteiger partial charge in [0, 0.05) is 0 Å².